The van der Waals surface area contributed by atoms with Gasteiger partial charge in [0.05, 0.1) is 6.54 Å². The van der Waals surface area contributed by atoms with Gasteiger partial charge in [-0.3, -0.25) is 0 Å². The molecule has 2 aromatic rings. The number of aromatic nitrogens is 4. The predicted octanol–water partition coefficient (Wildman–Crippen LogP) is -0.0552. The lowest BCUT2D eigenvalue weighted by atomic mass is 10.0. The maximum absolute atomic E-state index is 5.26. The van der Waals surface area contributed by atoms with Crippen LogP contribution in [0.25, 0.3) is 0 Å². The Kier molecular flexibility index (Phi) is 2.97. The minimum Gasteiger partial charge on any atom is -0.312 e. The van der Waals surface area contributed by atoms with Crippen LogP contribution in [0.15, 0.2) is 24.3 Å². The van der Waals surface area contributed by atoms with E-state index in [1.54, 1.807) is 9.36 Å². The third-order valence-corrected chi connectivity index (χ3v) is 3.93. The number of rotatable bonds is 2. The molecule has 1 aromatic carbocycles. The summed E-state index contributed by atoms with van der Waals surface area (Å²) >= 11 is 5.26. The molecule has 0 saturated heterocycles. The van der Waals surface area contributed by atoms with E-state index in [2.05, 4.69) is 34.7 Å². The van der Waals surface area contributed by atoms with Gasteiger partial charge in [-0.15, -0.1) is 0 Å². The SMILES string of the molecule is Cn1nnn(C[NH+]2CCc3ccccc3C2)c1=S. The van der Waals surface area contributed by atoms with Gasteiger partial charge in [0.15, 0.2) is 6.67 Å². The van der Waals surface area contributed by atoms with Crippen LogP contribution in [0.5, 0.6) is 0 Å². The van der Waals surface area contributed by atoms with Crippen molar-refractivity contribution in [1.82, 2.24) is 19.8 Å². The van der Waals surface area contributed by atoms with Gasteiger partial charge in [0.2, 0.25) is 4.77 Å². The minimum atomic E-state index is 0.682. The third kappa shape index (κ3) is 2.09. The molecule has 0 fully saturated rings. The van der Waals surface area contributed by atoms with E-state index in [9.17, 15) is 0 Å². The molecule has 1 unspecified atom stereocenters. The highest BCUT2D eigenvalue weighted by atomic mass is 32.1. The molecular formula is C12H16N5S+. The quantitative estimate of drug-likeness (QED) is 0.771. The van der Waals surface area contributed by atoms with E-state index in [0.717, 1.165) is 26.2 Å². The highest BCUT2D eigenvalue weighted by Crippen LogP contribution is 2.10. The highest BCUT2D eigenvalue weighted by Gasteiger charge is 2.19. The first kappa shape index (κ1) is 11.6. The number of nitrogens with one attached hydrogen (secondary N) is 1. The Morgan fingerprint density at radius 1 is 1.28 bits per heavy atom. The summed E-state index contributed by atoms with van der Waals surface area (Å²) in [6.07, 6.45) is 1.12. The number of quaternary nitrogens is 1. The summed E-state index contributed by atoms with van der Waals surface area (Å²) in [4.78, 5) is 1.48. The summed E-state index contributed by atoms with van der Waals surface area (Å²) in [7, 11) is 1.83. The van der Waals surface area contributed by atoms with E-state index in [1.165, 1.54) is 16.0 Å². The van der Waals surface area contributed by atoms with Gasteiger partial charge in [0, 0.05) is 19.0 Å². The first-order chi connectivity index (χ1) is 8.74. The molecule has 1 aliphatic heterocycles. The maximum Gasteiger partial charge on any atom is 0.220 e. The third-order valence-electron chi connectivity index (χ3n) is 3.46. The molecule has 0 radical (unpaired) electrons. The van der Waals surface area contributed by atoms with Crippen molar-refractivity contribution in [1.29, 1.82) is 0 Å². The van der Waals surface area contributed by atoms with E-state index >= 15 is 0 Å². The van der Waals surface area contributed by atoms with Gasteiger partial charge in [-0.05, 0) is 28.2 Å². The van der Waals surface area contributed by atoms with Crippen LogP contribution in [-0.2, 0) is 26.7 Å². The molecule has 1 aromatic heterocycles. The Balaban J connectivity index is 1.77. The first-order valence-electron chi connectivity index (χ1n) is 6.11. The molecule has 0 spiro atoms. The smallest absolute Gasteiger partial charge is 0.220 e. The Hall–Kier alpha value is -1.53. The number of benzene rings is 1. The van der Waals surface area contributed by atoms with Gasteiger partial charge >= 0.3 is 0 Å². The lowest BCUT2D eigenvalue weighted by molar-refractivity contribution is -0.939. The van der Waals surface area contributed by atoms with Crippen LogP contribution in [0.3, 0.4) is 0 Å². The van der Waals surface area contributed by atoms with Crippen molar-refractivity contribution in [2.45, 2.75) is 19.6 Å². The molecule has 18 heavy (non-hydrogen) atoms. The van der Waals surface area contributed by atoms with E-state index in [1.807, 2.05) is 7.05 Å². The van der Waals surface area contributed by atoms with Gasteiger partial charge in [0.25, 0.3) is 0 Å². The van der Waals surface area contributed by atoms with Gasteiger partial charge in [-0.2, -0.15) is 4.68 Å². The van der Waals surface area contributed by atoms with Crippen molar-refractivity contribution in [2.75, 3.05) is 6.54 Å². The molecule has 0 saturated carbocycles. The number of fused-ring (bicyclic) bond motifs is 1. The first-order valence-corrected chi connectivity index (χ1v) is 6.52. The molecule has 1 atom stereocenters. The van der Waals surface area contributed by atoms with Crippen LogP contribution in [0.4, 0.5) is 0 Å². The Labute approximate surface area is 111 Å². The van der Waals surface area contributed by atoms with Crippen LogP contribution in [0.2, 0.25) is 0 Å². The summed E-state index contributed by atoms with van der Waals surface area (Å²) in [5, 5.41) is 8.01. The van der Waals surface area contributed by atoms with Crippen molar-refractivity contribution < 1.29 is 4.90 Å². The van der Waals surface area contributed by atoms with Crippen molar-refractivity contribution in [3.05, 3.63) is 40.2 Å². The van der Waals surface area contributed by atoms with Crippen LogP contribution in [0, 0.1) is 4.77 Å². The van der Waals surface area contributed by atoms with Crippen LogP contribution in [0.1, 0.15) is 11.1 Å². The monoisotopic (exact) mass is 262 g/mol. The molecule has 0 aliphatic carbocycles. The summed E-state index contributed by atoms with van der Waals surface area (Å²) in [5.41, 5.74) is 2.91. The predicted molar refractivity (Wildman–Crippen MR) is 69.5 cm³/mol. The molecule has 94 valence electrons. The molecule has 3 rings (SSSR count). The average molecular weight is 262 g/mol. The maximum atomic E-state index is 5.26. The molecule has 1 N–H and O–H groups in total. The zero-order valence-electron chi connectivity index (χ0n) is 10.3. The van der Waals surface area contributed by atoms with Gasteiger partial charge in [-0.25, -0.2) is 4.68 Å². The standard InChI is InChI=1S/C12H15N5S/c1-15-12(18)17(14-13-15)9-16-7-6-10-4-2-3-5-11(10)8-16/h2-5H,6-9H2,1H3/p+1. The van der Waals surface area contributed by atoms with Crippen LogP contribution >= 0.6 is 12.2 Å². The summed E-state index contributed by atoms with van der Waals surface area (Å²) < 4.78 is 4.12. The fraction of sp³-hybridized carbons (Fsp3) is 0.417. The minimum absolute atomic E-state index is 0.682. The number of hydrogen-bond acceptors (Lipinski definition) is 3. The summed E-state index contributed by atoms with van der Waals surface area (Å²) in [6, 6.07) is 8.66. The van der Waals surface area contributed by atoms with E-state index in [-0.39, 0.29) is 0 Å². The van der Waals surface area contributed by atoms with Gasteiger partial charge in [0.1, 0.15) is 6.54 Å². The molecule has 0 bridgehead atoms. The van der Waals surface area contributed by atoms with Crippen molar-refractivity contribution in [3.8, 4) is 0 Å². The van der Waals surface area contributed by atoms with Gasteiger partial charge in [-0.1, -0.05) is 24.3 Å². The molecular weight excluding hydrogens is 246 g/mol. The number of tetrazole rings is 1. The fourth-order valence-electron chi connectivity index (χ4n) is 2.44. The second-order valence-electron chi connectivity index (χ2n) is 4.74. The normalized spacial score (nSPS) is 18.6. The molecule has 1 aliphatic rings. The topological polar surface area (TPSA) is 40.1 Å². The summed E-state index contributed by atoms with van der Waals surface area (Å²) in [5.74, 6) is 0. The van der Waals surface area contributed by atoms with Crippen molar-refractivity contribution in [3.63, 3.8) is 0 Å². The molecule has 2 heterocycles. The van der Waals surface area contributed by atoms with Crippen molar-refractivity contribution >= 4 is 12.2 Å². The summed E-state index contributed by atoms with van der Waals surface area (Å²) in [6.45, 7) is 2.95. The largest absolute Gasteiger partial charge is 0.312 e. The Morgan fingerprint density at radius 3 is 2.78 bits per heavy atom. The molecule has 0 amide bonds. The Morgan fingerprint density at radius 2 is 2.06 bits per heavy atom. The number of aryl methyl sites for hydroxylation is 1. The highest BCUT2D eigenvalue weighted by molar-refractivity contribution is 7.71. The molecule has 6 heteroatoms. The second-order valence-corrected chi connectivity index (χ2v) is 5.10. The van der Waals surface area contributed by atoms with Crippen LogP contribution in [-0.4, -0.2) is 26.3 Å². The number of hydrogen-bond donors (Lipinski definition) is 1. The van der Waals surface area contributed by atoms with Gasteiger partial charge < -0.3 is 4.90 Å². The van der Waals surface area contributed by atoms with E-state index in [4.69, 9.17) is 12.2 Å². The zero-order valence-corrected chi connectivity index (χ0v) is 11.2. The average Bonchev–Trinajstić information content (AvgIpc) is 2.71. The van der Waals surface area contributed by atoms with Crippen LogP contribution < -0.4 is 4.90 Å². The molecule has 5 nitrogen and oxygen atoms in total. The Bertz CT molecular complexity index is 615. The van der Waals surface area contributed by atoms with Crippen molar-refractivity contribution in [2.24, 2.45) is 7.05 Å². The van der Waals surface area contributed by atoms with E-state index in [0.29, 0.717) is 4.77 Å². The fourth-order valence-corrected chi connectivity index (χ4v) is 2.58. The lowest BCUT2D eigenvalue weighted by Crippen LogP contribution is -3.11. The number of nitrogens with zero attached hydrogens (tertiary/aromatic N) is 4. The lowest BCUT2D eigenvalue weighted by Gasteiger charge is -2.25. The van der Waals surface area contributed by atoms with E-state index < -0.39 is 0 Å². The second kappa shape index (κ2) is 4.62. The zero-order chi connectivity index (χ0) is 12.5.